The van der Waals surface area contributed by atoms with E-state index < -0.39 is 24.0 Å². The third-order valence-electron chi connectivity index (χ3n) is 8.74. The number of rotatable bonds is 8. The third-order valence-corrected chi connectivity index (χ3v) is 8.74. The normalized spacial score (nSPS) is 16.3. The van der Waals surface area contributed by atoms with Crippen LogP contribution in [0.1, 0.15) is 36.0 Å². The summed E-state index contributed by atoms with van der Waals surface area (Å²) in [7, 11) is 0. The van der Waals surface area contributed by atoms with Crippen molar-refractivity contribution >= 4 is 22.6 Å². The first-order valence-electron chi connectivity index (χ1n) is 14.6. The fourth-order valence-corrected chi connectivity index (χ4v) is 6.72. The van der Waals surface area contributed by atoms with E-state index >= 15 is 0 Å². The Labute approximate surface area is 244 Å². The molecule has 1 amide bonds. The van der Waals surface area contributed by atoms with Gasteiger partial charge in [-0.2, -0.15) is 13.2 Å². The molecule has 0 bridgehead atoms. The Bertz CT molecular complexity index is 1550. The van der Waals surface area contributed by atoms with E-state index in [0.29, 0.717) is 12.8 Å². The molecule has 0 unspecified atom stereocenters. The lowest BCUT2D eigenvalue weighted by molar-refractivity contribution is -0.141. The van der Waals surface area contributed by atoms with E-state index in [9.17, 15) is 18.0 Å². The number of nitrogens with zero attached hydrogens (tertiary/aromatic N) is 3. The second-order valence-corrected chi connectivity index (χ2v) is 11.4. The number of carbonyl (C=O) groups is 1. The maximum Gasteiger partial charge on any atom is 0.405 e. The van der Waals surface area contributed by atoms with E-state index in [-0.39, 0.29) is 0 Å². The summed E-state index contributed by atoms with van der Waals surface area (Å²) in [6.07, 6.45) is -2.46. The molecule has 0 saturated carbocycles. The Kier molecular flexibility index (Phi) is 7.66. The van der Waals surface area contributed by atoms with E-state index in [4.69, 9.17) is 4.98 Å². The molecule has 218 valence electrons. The Balaban J connectivity index is 1.12. The standard InChI is InChI=1S/C34H35F3N4O/c1-24-22-25-10-2-7-15-30(25)39-31(24)41-20-18-40(19-21-41)17-9-8-16-33(32(42)38-23-34(35,36)37)28-13-5-3-11-26(28)27-12-4-6-14-29(27)33/h2-7,10-15,22H,8-9,16-21,23H2,1H3,(H,38,42). The van der Waals surface area contributed by atoms with Crippen molar-refractivity contribution in [1.29, 1.82) is 0 Å². The van der Waals surface area contributed by atoms with Gasteiger partial charge in [0.15, 0.2) is 0 Å². The number of pyridine rings is 1. The molecule has 0 radical (unpaired) electrons. The number of hydrogen-bond acceptors (Lipinski definition) is 4. The summed E-state index contributed by atoms with van der Waals surface area (Å²) in [6.45, 7) is 5.25. The number of benzene rings is 3. The maximum atomic E-state index is 13.7. The van der Waals surface area contributed by atoms with Crippen molar-refractivity contribution in [3.05, 3.63) is 95.6 Å². The fraction of sp³-hybridized carbons (Fsp3) is 0.353. The van der Waals surface area contributed by atoms with E-state index in [2.05, 4.69) is 34.2 Å². The van der Waals surface area contributed by atoms with Crippen LogP contribution in [0.2, 0.25) is 0 Å². The average Bonchev–Trinajstić information content (AvgIpc) is 3.28. The van der Waals surface area contributed by atoms with Gasteiger partial charge in [-0.25, -0.2) is 4.98 Å². The Morgan fingerprint density at radius 1 is 0.881 bits per heavy atom. The minimum atomic E-state index is -4.47. The van der Waals surface area contributed by atoms with E-state index in [0.717, 1.165) is 78.1 Å². The van der Waals surface area contributed by atoms with Gasteiger partial charge < -0.3 is 10.2 Å². The van der Waals surface area contributed by atoms with Crippen molar-refractivity contribution in [3.63, 3.8) is 0 Å². The van der Waals surface area contributed by atoms with Gasteiger partial charge in [-0.15, -0.1) is 0 Å². The molecule has 1 fully saturated rings. The number of aryl methyl sites for hydroxylation is 1. The van der Waals surface area contributed by atoms with Crippen LogP contribution in [-0.4, -0.2) is 61.2 Å². The van der Waals surface area contributed by atoms with Crippen LogP contribution in [0, 0.1) is 6.92 Å². The molecule has 1 aliphatic carbocycles. The quantitative estimate of drug-likeness (QED) is 0.246. The van der Waals surface area contributed by atoms with Crippen molar-refractivity contribution in [2.75, 3.05) is 44.2 Å². The Morgan fingerprint density at radius 3 is 2.17 bits per heavy atom. The van der Waals surface area contributed by atoms with Crippen molar-refractivity contribution in [1.82, 2.24) is 15.2 Å². The zero-order chi connectivity index (χ0) is 29.3. The van der Waals surface area contributed by atoms with Gasteiger partial charge in [0.2, 0.25) is 5.91 Å². The van der Waals surface area contributed by atoms with Gasteiger partial charge in [-0.1, -0.05) is 73.2 Å². The molecule has 5 nitrogen and oxygen atoms in total. The molecule has 4 aromatic rings. The fourth-order valence-electron chi connectivity index (χ4n) is 6.72. The smallest absolute Gasteiger partial charge is 0.354 e. The maximum absolute atomic E-state index is 13.7. The molecule has 42 heavy (non-hydrogen) atoms. The highest BCUT2D eigenvalue weighted by Crippen LogP contribution is 2.51. The van der Waals surface area contributed by atoms with Crippen LogP contribution in [0.25, 0.3) is 22.0 Å². The number of hydrogen-bond donors (Lipinski definition) is 1. The van der Waals surface area contributed by atoms with Crippen LogP contribution >= 0.6 is 0 Å². The second-order valence-electron chi connectivity index (χ2n) is 11.4. The number of halogens is 3. The topological polar surface area (TPSA) is 48.5 Å². The number of piperazine rings is 1. The predicted octanol–water partition coefficient (Wildman–Crippen LogP) is 6.48. The first-order valence-corrected chi connectivity index (χ1v) is 14.6. The van der Waals surface area contributed by atoms with Crippen LogP contribution in [-0.2, 0) is 10.2 Å². The van der Waals surface area contributed by atoms with Crippen molar-refractivity contribution in [2.24, 2.45) is 0 Å². The SMILES string of the molecule is Cc1cc2ccccc2nc1N1CCN(CCCCC2(C(=O)NCC(F)(F)F)c3ccccc3-c3ccccc32)CC1. The third kappa shape index (κ3) is 5.36. The molecule has 6 rings (SSSR count). The number of aromatic nitrogens is 1. The molecule has 2 aliphatic rings. The van der Waals surface area contributed by atoms with Gasteiger partial charge >= 0.3 is 6.18 Å². The summed E-state index contributed by atoms with van der Waals surface area (Å²) in [4.78, 5) is 23.4. The first-order chi connectivity index (χ1) is 20.3. The minimum Gasteiger partial charge on any atom is -0.354 e. The lowest BCUT2D eigenvalue weighted by Crippen LogP contribution is -2.48. The first kappa shape index (κ1) is 28.2. The van der Waals surface area contributed by atoms with Crippen LogP contribution in [0.15, 0.2) is 78.9 Å². The number of nitrogens with one attached hydrogen (secondary N) is 1. The van der Waals surface area contributed by atoms with Gasteiger partial charge in [0, 0.05) is 31.6 Å². The number of para-hydroxylation sites is 1. The highest BCUT2D eigenvalue weighted by atomic mass is 19.4. The van der Waals surface area contributed by atoms with Crippen molar-refractivity contribution in [2.45, 2.75) is 37.8 Å². The summed E-state index contributed by atoms with van der Waals surface area (Å²) in [6, 6.07) is 25.6. The van der Waals surface area contributed by atoms with Gasteiger partial charge in [0.1, 0.15) is 17.8 Å². The van der Waals surface area contributed by atoms with E-state index in [1.54, 1.807) is 0 Å². The zero-order valence-electron chi connectivity index (χ0n) is 23.8. The zero-order valence-corrected chi connectivity index (χ0v) is 23.8. The average molecular weight is 573 g/mol. The highest BCUT2D eigenvalue weighted by Gasteiger charge is 2.49. The number of amides is 1. The van der Waals surface area contributed by atoms with Crippen LogP contribution in [0.3, 0.4) is 0 Å². The number of anilines is 1. The van der Waals surface area contributed by atoms with Gasteiger partial charge in [-0.05, 0) is 66.3 Å². The number of fused-ring (bicyclic) bond motifs is 4. The van der Waals surface area contributed by atoms with Crippen LogP contribution in [0.4, 0.5) is 19.0 Å². The van der Waals surface area contributed by atoms with Crippen molar-refractivity contribution < 1.29 is 18.0 Å². The molecular weight excluding hydrogens is 537 g/mol. The van der Waals surface area contributed by atoms with Crippen molar-refractivity contribution in [3.8, 4) is 11.1 Å². The summed E-state index contributed by atoms with van der Waals surface area (Å²) in [5.74, 6) is 0.461. The largest absolute Gasteiger partial charge is 0.405 e. The molecule has 8 heteroatoms. The summed E-state index contributed by atoms with van der Waals surface area (Å²) < 4.78 is 39.4. The van der Waals surface area contributed by atoms with Gasteiger partial charge in [0.25, 0.3) is 0 Å². The summed E-state index contributed by atoms with van der Waals surface area (Å²) >= 11 is 0. The molecule has 1 saturated heterocycles. The molecular formula is C34H35F3N4O. The van der Waals surface area contributed by atoms with E-state index in [1.807, 2.05) is 66.7 Å². The lowest BCUT2D eigenvalue weighted by Gasteiger charge is -2.36. The molecule has 0 atom stereocenters. The predicted molar refractivity (Wildman–Crippen MR) is 161 cm³/mol. The van der Waals surface area contributed by atoms with Crippen LogP contribution < -0.4 is 10.2 Å². The molecule has 3 aromatic carbocycles. The van der Waals surface area contributed by atoms with Crippen LogP contribution in [0.5, 0.6) is 0 Å². The highest BCUT2D eigenvalue weighted by molar-refractivity contribution is 6.00. The molecule has 1 aliphatic heterocycles. The second kappa shape index (κ2) is 11.4. The summed E-state index contributed by atoms with van der Waals surface area (Å²) in [5.41, 5.74) is 4.46. The van der Waals surface area contributed by atoms with E-state index in [1.165, 1.54) is 5.56 Å². The van der Waals surface area contributed by atoms with Gasteiger partial charge in [-0.3, -0.25) is 9.69 Å². The Morgan fingerprint density at radius 2 is 1.50 bits per heavy atom. The number of unbranched alkanes of at least 4 members (excludes halogenated alkanes) is 1. The Hall–Kier alpha value is -3.91. The number of carbonyl (C=O) groups excluding carboxylic acids is 1. The molecule has 1 aromatic heterocycles. The number of alkyl halides is 3. The van der Waals surface area contributed by atoms with Gasteiger partial charge in [0.05, 0.1) is 5.52 Å². The lowest BCUT2D eigenvalue weighted by atomic mass is 9.73. The molecule has 0 spiro atoms. The molecule has 2 heterocycles. The monoisotopic (exact) mass is 572 g/mol. The molecule has 1 N–H and O–H groups in total. The summed E-state index contributed by atoms with van der Waals surface area (Å²) in [5, 5.41) is 3.38. The minimum absolute atomic E-state index is 0.449.